The molecule has 164 valence electrons. The van der Waals surface area contributed by atoms with Gasteiger partial charge in [0.1, 0.15) is 5.75 Å². The van der Waals surface area contributed by atoms with Crippen LogP contribution < -0.4 is 4.74 Å². The third-order valence-electron chi connectivity index (χ3n) is 6.21. The molecule has 2 aromatic rings. The molecule has 1 aliphatic carbocycles. The summed E-state index contributed by atoms with van der Waals surface area (Å²) in [4.78, 5) is 30.1. The fourth-order valence-electron chi connectivity index (χ4n) is 4.51. The molecule has 6 nitrogen and oxygen atoms in total. The van der Waals surface area contributed by atoms with E-state index in [0.717, 1.165) is 31.4 Å². The average Bonchev–Trinajstić information content (AvgIpc) is 3.37. The lowest BCUT2D eigenvalue weighted by Crippen LogP contribution is -2.52. The number of morpholine rings is 1. The van der Waals surface area contributed by atoms with E-state index in [1.807, 2.05) is 40.1 Å². The van der Waals surface area contributed by atoms with Gasteiger partial charge in [0.2, 0.25) is 0 Å². The minimum absolute atomic E-state index is 0.0160. The SMILES string of the molecule is COc1ccc(C(=O)N2CCOC(CN(C(=O)c3ccccc3)C3CCCC3)C2)cc1. The number of hydrogen-bond donors (Lipinski definition) is 0. The van der Waals surface area contributed by atoms with Crippen LogP contribution in [-0.2, 0) is 4.74 Å². The topological polar surface area (TPSA) is 59.1 Å². The summed E-state index contributed by atoms with van der Waals surface area (Å²) in [6, 6.07) is 16.9. The molecule has 1 atom stereocenters. The van der Waals surface area contributed by atoms with Gasteiger partial charge in [0, 0.05) is 36.8 Å². The van der Waals surface area contributed by atoms with Gasteiger partial charge in [-0.25, -0.2) is 0 Å². The fraction of sp³-hybridized carbons (Fsp3) is 0.440. The van der Waals surface area contributed by atoms with E-state index < -0.39 is 0 Å². The molecule has 0 spiro atoms. The normalized spacial score (nSPS) is 19.3. The third kappa shape index (κ3) is 5.07. The Bertz CT molecular complexity index is 878. The molecule has 2 fully saturated rings. The summed E-state index contributed by atoms with van der Waals surface area (Å²) in [7, 11) is 1.61. The minimum atomic E-state index is -0.191. The summed E-state index contributed by atoms with van der Waals surface area (Å²) in [5, 5.41) is 0. The van der Waals surface area contributed by atoms with E-state index in [1.165, 1.54) is 0 Å². The predicted molar refractivity (Wildman–Crippen MR) is 118 cm³/mol. The van der Waals surface area contributed by atoms with E-state index in [9.17, 15) is 9.59 Å². The van der Waals surface area contributed by atoms with Crippen LogP contribution in [-0.4, -0.2) is 67.1 Å². The standard InChI is InChI=1S/C25H30N2O4/c1-30-22-13-11-20(12-14-22)24(28)26-15-16-31-23(17-26)18-27(21-9-5-6-10-21)25(29)19-7-3-2-4-8-19/h2-4,7-8,11-14,21,23H,5-6,9-10,15-18H2,1H3. The Morgan fingerprint density at radius 3 is 2.42 bits per heavy atom. The predicted octanol–water partition coefficient (Wildman–Crippen LogP) is 3.62. The van der Waals surface area contributed by atoms with Crippen LogP contribution in [0.25, 0.3) is 0 Å². The van der Waals surface area contributed by atoms with Gasteiger partial charge in [0.25, 0.3) is 11.8 Å². The molecule has 2 aromatic carbocycles. The molecule has 1 saturated heterocycles. The average molecular weight is 423 g/mol. The molecule has 2 aliphatic rings. The molecule has 0 N–H and O–H groups in total. The van der Waals surface area contributed by atoms with Crippen LogP contribution >= 0.6 is 0 Å². The molecule has 1 unspecified atom stereocenters. The first-order valence-corrected chi connectivity index (χ1v) is 11.1. The van der Waals surface area contributed by atoms with Crippen molar-refractivity contribution in [3.63, 3.8) is 0 Å². The first-order valence-electron chi connectivity index (χ1n) is 11.1. The van der Waals surface area contributed by atoms with Crippen LogP contribution in [0.5, 0.6) is 5.75 Å². The Hall–Kier alpha value is -2.86. The number of ether oxygens (including phenoxy) is 2. The maximum atomic E-state index is 13.3. The van der Waals surface area contributed by atoms with Crippen molar-refractivity contribution < 1.29 is 19.1 Å². The summed E-state index contributed by atoms with van der Waals surface area (Å²) in [6.07, 6.45) is 4.16. The van der Waals surface area contributed by atoms with E-state index in [-0.39, 0.29) is 24.0 Å². The number of rotatable bonds is 6. The van der Waals surface area contributed by atoms with Gasteiger partial charge in [0.15, 0.2) is 0 Å². The molecule has 4 rings (SSSR count). The number of carbonyl (C=O) groups is 2. The van der Waals surface area contributed by atoms with Gasteiger partial charge in [-0.15, -0.1) is 0 Å². The van der Waals surface area contributed by atoms with Crippen molar-refractivity contribution >= 4 is 11.8 Å². The molecule has 0 aromatic heterocycles. The van der Waals surface area contributed by atoms with E-state index in [2.05, 4.69) is 0 Å². The Balaban J connectivity index is 1.45. The summed E-state index contributed by atoms with van der Waals surface area (Å²) >= 11 is 0. The van der Waals surface area contributed by atoms with Crippen molar-refractivity contribution in [3.05, 3.63) is 65.7 Å². The van der Waals surface area contributed by atoms with E-state index in [1.54, 1.807) is 31.4 Å². The molecule has 0 bridgehead atoms. The summed E-state index contributed by atoms with van der Waals surface area (Å²) < 4.78 is 11.2. The summed E-state index contributed by atoms with van der Waals surface area (Å²) in [6.45, 7) is 2.02. The highest BCUT2D eigenvalue weighted by atomic mass is 16.5. The first kappa shape index (κ1) is 21.4. The zero-order chi connectivity index (χ0) is 21.6. The smallest absolute Gasteiger partial charge is 0.254 e. The van der Waals surface area contributed by atoms with Crippen LogP contribution in [0.15, 0.2) is 54.6 Å². The molecule has 1 aliphatic heterocycles. The van der Waals surface area contributed by atoms with Gasteiger partial charge < -0.3 is 19.3 Å². The zero-order valence-corrected chi connectivity index (χ0v) is 18.0. The van der Waals surface area contributed by atoms with Crippen LogP contribution in [0.4, 0.5) is 0 Å². The number of benzene rings is 2. The number of hydrogen-bond acceptors (Lipinski definition) is 4. The molecule has 6 heteroatoms. The molecule has 1 saturated carbocycles. The zero-order valence-electron chi connectivity index (χ0n) is 18.0. The molecule has 31 heavy (non-hydrogen) atoms. The monoisotopic (exact) mass is 422 g/mol. The Labute approximate surface area is 183 Å². The van der Waals surface area contributed by atoms with Gasteiger partial charge in [-0.2, -0.15) is 0 Å². The van der Waals surface area contributed by atoms with Crippen LogP contribution in [0, 0.1) is 0 Å². The van der Waals surface area contributed by atoms with Crippen molar-refractivity contribution in [2.24, 2.45) is 0 Å². The Morgan fingerprint density at radius 1 is 1.03 bits per heavy atom. The van der Waals surface area contributed by atoms with Crippen molar-refractivity contribution in [1.29, 1.82) is 0 Å². The number of nitrogens with zero attached hydrogens (tertiary/aromatic N) is 2. The number of amides is 2. The molecule has 0 radical (unpaired) electrons. The highest BCUT2D eigenvalue weighted by Gasteiger charge is 2.32. The van der Waals surface area contributed by atoms with Gasteiger partial charge in [-0.3, -0.25) is 9.59 Å². The lowest BCUT2D eigenvalue weighted by Gasteiger charge is -2.38. The van der Waals surface area contributed by atoms with E-state index >= 15 is 0 Å². The first-order chi connectivity index (χ1) is 15.2. The summed E-state index contributed by atoms with van der Waals surface area (Å²) in [5.41, 5.74) is 1.34. The molecular formula is C25H30N2O4. The van der Waals surface area contributed by atoms with Crippen molar-refractivity contribution in [1.82, 2.24) is 9.80 Å². The van der Waals surface area contributed by atoms with Crippen LogP contribution in [0.3, 0.4) is 0 Å². The lowest BCUT2D eigenvalue weighted by molar-refractivity contribution is -0.0370. The second kappa shape index (κ2) is 9.96. The van der Waals surface area contributed by atoms with Crippen LogP contribution in [0.2, 0.25) is 0 Å². The summed E-state index contributed by atoms with van der Waals surface area (Å²) in [5.74, 6) is 0.760. The van der Waals surface area contributed by atoms with Gasteiger partial charge in [-0.05, 0) is 49.2 Å². The second-order valence-corrected chi connectivity index (χ2v) is 8.23. The molecule has 1 heterocycles. The Morgan fingerprint density at radius 2 is 1.74 bits per heavy atom. The lowest BCUT2D eigenvalue weighted by atomic mass is 10.1. The van der Waals surface area contributed by atoms with E-state index in [0.29, 0.717) is 37.4 Å². The molecule has 2 amide bonds. The van der Waals surface area contributed by atoms with Crippen molar-refractivity contribution in [3.8, 4) is 5.75 Å². The fourth-order valence-corrected chi connectivity index (χ4v) is 4.51. The van der Waals surface area contributed by atoms with Gasteiger partial charge in [-0.1, -0.05) is 31.0 Å². The Kier molecular flexibility index (Phi) is 6.87. The van der Waals surface area contributed by atoms with Crippen molar-refractivity contribution in [2.75, 3.05) is 33.4 Å². The van der Waals surface area contributed by atoms with Gasteiger partial charge in [0.05, 0.1) is 19.8 Å². The minimum Gasteiger partial charge on any atom is -0.497 e. The largest absolute Gasteiger partial charge is 0.497 e. The maximum absolute atomic E-state index is 13.3. The number of carbonyl (C=O) groups excluding carboxylic acids is 2. The highest BCUT2D eigenvalue weighted by molar-refractivity contribution is 5.95. The second-order valence-electron chi connectivity index (χ2n) is 8.23. The van der Waals surface area contributed by atoms with Gasteiger partial charge >= 0.3 is 0 Å². The van der Waals surface area contributed by atoms with Crippen molar-refractivity contribution in [2.45, 2.75) is 37.8 Å². The van der Waals surface area contributed by atoms with E-state index in [4.69, 9.17) is 9.47 Å². The number of methoxy groups -OCH3 is 1. The van der Waals surface area contributed by atoms with Crippen LogP contribution in [0.1, 0.15) is 46.4 Å². The highest BCUT2D eigenvalue weighted by Crippen LogP contribution is 2.26. The quantitative estimate of drug-likeness (QED) is 0.714. The third-order valence-corrected chi connectivity index (χ3v) is 6.21. The maximum Gasteiger partial charge on any atom is 0.254 e. The molecular weight excluding hydrogens is 392 g/mol.